The van der Waals surface area contributed by atoms with Crippen LogP contribution in [0.4, 0.5) is 10.8 Å². The quantitative estimate of drug-likeness (QED) is 0.841. The zero-order valence-corrected chi connectivity index (χ0v) is 12.3. The number of aryl methyl sites for hydroxylation is 1. The average Bonchev–Trinajstić information content (AvgIpc) is 2.85. The molecule has 2 aromatic rings. The van der Waals surface area contributed by atoms with Crippen LogP contribution in [0.25, 0.3) is 11.3 Å². The number of allylic oxidation sites excluding steroid dienone is 1. The molecule has 18 heavy (non-hydrogen) atoms. The number of rotatable bonds is 4. The molecule has 6 heteroatoms. The molecule has 2 aromatic heterocycles. The minimum atomic E-state index is 0.546. The van der Waals surface area contributed by atoms with Crippen molar-refractivity contribution in [2.24, 2.45) is 0 Å². The fourth-order valence-corrected chi connectivity index (χ4v) is 2.83. The predicted octanol–water partition coefficient (Wildman–Crippen LogP) is 3.54. The van der Waals surface area contributed by atoms with Crippen LogP contribution in [0.2, 0.25) is 0 Å². The van der Waals surface area contributed by atoms with E-state index in [4.69, 9.17) is 5.73 Å². The van der Waals surface area contributed by atoms with Crippen molar-refractivity contribution in [3.8, 4) is 11.3 Å². The van der Waals surface area contributed by atoms with Gasteiger partial charge in [-0.25, -0.2) is 4.98 Å². The van der Waals surface area contributed by atoms with E-state index in [9.17, 15) is 0 Å². The second-order valence-electron chi connectivity index (χ2n) is 4.19. The summed E-state index contributed by atoms with van der Waals surface area (Å²) in [5, 5.41) is 7.37. The van der Waals surface area contributed by atoms with Gasteiger partial charge in [-0.15, -0.1) is 11.3 Å². The van der Waals surface area contributed by atoms with Gasteiger partial charge in [-0.3, -0.25) is 0 Å². The van der Waals surface area contributed by atoms with Crippen molar-refractivity contribution in [1.29, 1.82) is 0 Å². The molecule has 0 spiro atoms. The van der Waals surface area contributed by atoms with Crippen LogP contribution in [0.1, 0.15) is 18.9 Å². The Labute approximate surface area is 115 Å². The minimum Gasteiger partial charge on any atom is -0.382 e. The molecule has 0 bridgehead atoms. The van der Waals surface area contributed by atoms with Crippen LogP contribution in [0.15, 0.2) is 17.0 Å². The first kappa shape index (κ1) is 13.0. The lowest BCUT2D eigenvalue weighted by atomic mass is 10.2. The molecule has 0 amide bonds. The van der Waals surface area contributed by atoms with Gasteiger partial charge in [0.25, 0.3) is 0 Å². The zero-order valence-electron chi connectivity index (χ0n) is 10.7. The van der Waals surface area contributed by atoms with Crippen LogP contribution >= 0.6 is 22.9 Å². The largest absolute Gasteiger partial charge is 0.382 e. The monoisotopic (exact) mass is 280 g/mol. The number of nitrogens with two attached hydrogens (primary N) is 1. The summed E-state index contributed by atoms with van der Waals surface area (Å²) in [5.41, 5.74) is 9.03. The van der Waals surface area contributed by atoms with E-state index in [1.165, 1.54) is 17.1 Å². The Bertz CT molecular complexity index is 564. The van der Waals surface area contributed by atoms with Gasteiger partial charge in [0, 0.05) is 11.9 Å². The van der Waals surface area contributed by atoms with Gasteiger partial charge in [0.1, 0.15) is 10.8 Å². The van der Waals surface area contributed by atoms with Crippen LogP contribution in [0, 0.1) is 6.92 Å². The van der Waals surface area contributed by atoms with E-state index < -0.39 is 0 Å². The maximum atomic E-state index is 5.92. The summed E-state index contributed by atoms with van der Waals surface area (Å²) in [4.78, 5) is 4.47. The van der Waals surface area contributed by atoms with Gasteiger partial charge in [-0.1, -0.05) is 11.6 Å². The van der Waals surface area contributed by atoms with Crippen LogP contribution in [0.5, 0.6) is 0 Å². The summed E-state index contributed by atoms with van der Waals surface area (Å²) in [6, 6.07) is 0. The van der Waals surface area contributed by atoms with Crippen LogP contribution < -0.4 is 11.1 Å². The molecule has 2 heterocycles. The third-order valence-electron chi connectivity index (χ3n) is 2.37. The maximum Gasteiger partial charge on any atom is 0.148 e. The molecule has 3 N–H and O–H groups in total. The number of nitrogen functional groups attached to an aromatic ring is 1. The molecule has 0 saturated carbocycles. The lowest BCUT2D eigenvalue weighted by molar-refractivity contribution is 1.27. The van der Waals surface area contributed by atoms with Crippen LogP contribution in [-0.4, -0.2) is 15.9 Å². The topological polar surface area (TPSA) is 63.8 Å². The van der Waals surface area contributed by atoms with Gasteiger partial charge in [-0.2, -0.15) is 4.37 Å². The van der Waals surface area contributed by atoms with Crippen molar-refractivity contribution in [3.63, 3.8) is 0 Å². The van der Waals surface area contributed by atoms with E-state index in [1.54, 1.807) is 11.3 Å². The Kier molecular flexibility index (Phi) is 3.98. The van der Waals surface area contributed by atoms with E-state index in [0.29, 0.717) is 5.82 Å². The number of thiazole rings is 1. The highest BCUT2D eigenvalue weighted by Gasteiger charge is 2.15. The summed E-state index contributed by atoms with van der Waals surface area (Å²) in [5.74, 6) is 0.546. The normalized spacial score (nSPS) is 10.4. The van der Waals surface area contributed by atoms with Crippen LogP contribution in [-0.2, 0) is 0 Å². The number of aromatic nitrogens is 2. The second kappa shape index (κ2) is 5.49. The first-order valence-corrected chi connectivity index (χ1v) is 7.28. The summed E-state index contributed by atoms with van der Waals surface area (Å²) in [7, 11) is 0. The van der Waals surface area contributed by atoms with Crippen molar-refractivity contribution >= 4 is 33.7 Å². The molecule has 0 unspecified atom stereocenters. The Balaban J connectivity index is 2.25. The zero-order chi connectivity index (χ0) is 13.1. The van der Waals surface area contributed by atoms with E-state index in [0.717, 1.165) is 27.8 Å². The molecule has 2 rings (SSSR count). The molecule has 0 fully saturated rings. The Morgan fingerprint density at radius 2 is 2.28 bits per heavy atom. The molecule has 0 saturated heterocycles. The molecule has 0 aromatic carbocycles. The smallest absolute Gasteiger partial charge is 0.148 e. The Hall–Kier alpha value is -1.40. The Morgan fingerprint density at radius 3 is 2.89 bits per heavy atom. The molecule has 96 valence electrons. The van der Waals surface area contributed by atoms with E-state index in [-0.39, 0.29) is 0 Å². The first-order valence-electron chi connectivity index (χ1n) is 5.63. The molecular weight excluding hydrogens is 264 g/mol. The standard InChI is InChI=1S/C12H16N4S2/c1-7(2)4-5-14-12-10(11(13)16-18-12)9-6-17-8(3)15-9/h4,6,14H,5H2,1-3H3,(H2,13,16). The average molecular weight is 280 g/mol. The fraction of sp³-hybridized carbons (Fsp3) is 0.333. The number of hydrogen-bond acceptors (Lipinski definition) is 6. The van der Waals surface area contributed by atoms with Crippen molar-refractivity contribution < 1.29 is 0 Å². The van der Waals surface area contributed by atoms with Gasteiger partial charge in [0.2, 0.25) is 0 Å². The highest BCUT2D eigenvalue weighted by Crippen LogP contribution is 2.36. The maximum absolute atomic E-state index is 5.92. The fourth-order valence-electron chi connectivity index (χ4n) is 1.50. The van der Waals surface area contributed by atoms with Crippen molar-refractivity contribution in [1.82, 2.24) is 9.36 Å². The third kappa shape index (κ3) is 2.88. The number of hydrogen-bond donors (Lipinski definition) is 2. The lowest BCUT2D eigenvalue weighted by Gasteiger charge is -2.03. The van der Waals surface area contributed by atoms with E-state index in [1.807, 2.05) is 12.3 Å². The molecule has 0 radical (unpaired) electrons. The number of anilines is 2. The molecule has 0 aliphatic heterocycles. The van der Waals surface area contributed by atoms with Gasteiger partial charge in [0.15, 0.2) is 0 Å². The molecule has 0 aliphatic rings. The van der Waals surface area contributed by atoms with Gasteiger partial charge >= 0.3 is 0 Å². The second-order valence-corrected chi connectivity index (χ2v) is 6.02. The summed E-state index contributed by atoms with van der Waals surface area (Å²) in [6.45, 7) is 6.92. The molecule has 0 aliphatic carbocycles. The highest BCUT2D eigenvalue weighted by atomic mass is 32.1. The summed E-state index contributed by atoms with van der Waals surface area (Å²) < 4.78 is 4.20. The van der Waals surface area contributed by atoms with E-state index in [2.05, 4.69) is 34.6 Å². The van der Waals surface area contributed by atoms with Crippen LogP contribution in [0.3, 0.4) is 0 Å². The SMILES string of the molecule is CC(C)=CCNc1snc(N)c1-c1csc(C)n1. The number of nitrogens with one attached hydrogen (secondary N) is 1. The summed E-state index contributed by atoms with van der Waals surface area (Å²) in [6.07, 6.45) is 2.13. The molecular formula is C12H16N4S2. The molecule has 4 nitrogen and oxygen atoms in total. The van der Waals surface area contributed by atoms with Crippen molar-refractivity contribution in [2.75, 3.05) is 17.6 Å². The summed E-state index contributed by atoms with van der Waals surface area (Å²) >= 11 is 3.00. The van der Waals surface area contributed by atoms with Crippen molar-refractivity contribution in [2.45, 2.75) is 20.8 Å². The van der Waals surface area contributed by atoms with E-state index >= 15 is 0 Å². The van der Waals surface area contributed by atoms with Gasteiger partial charge in [0.05, 0.1) is 16.3 Å². The Morgan fingerprint density at radius 1 is 1.50 bits per heavy atom. The third-order valence-corrected chi connectivity index (χ3v) is 3.96. The van der Waals surface area contributed by atoms with Crippen molar-refractivity contribution in [3.05, 3.63) is 22.0 Å². The molecule has 0 atom stereocenters. The lowest BCUT2D eigenvalue weighted by Crippen LogP contribution is -1.99. The number of nitrogens with zero attached hydrogens (tertiary/aromatic N) is 2. The van der Waals surface area contributed by atoms with Gasteiger partial charge < -0.3 is 11.1 Å². The predicted molar refractivity (Wildman–Crippen MR) is 80.3 cm³/mol. The highest BCUT2D eigenvalue weighted by molar-refractivity contribution is 7.11. The first-order chi connectivity index (χ1) is 8.58. The van der Waals surface area contributed by atoms with Gasteiger partial charge in [-0.05, 0) is 32.3 Å². The minimum absolute atomic E-state index is 0.546.